The van der Waals surface area contributed by atoms with Gasteiger partial charge in [-0.3, -0.25) is 0 Å². The summed E-state index contributed by atoms with van der Waals surface area (Å²) < 4.78 is 34.9. The van der Waals surface area contributed by atoms with Crippen LogP contribution in [0.3, 0.4) is 0 Å². The van der Waals surface area contributed by atoms with Crippen LogP contribution in [0.15, 0.2) is 22.7 Å². The number of rotatable bonds is 2. The highest BCUT2D eigenvalue weighted by molar-refractivity contribution is 9.10. The summed E-state index contributed by atoms with van der Waals surface area (Å²) in [6.07, 6.45) is 1.14. The maximum Gasteiger partial charge on any atom is 0.151 e. The highest BCUT2D eigenvalue weighted by Crippen LogP contribution is 2.19. The van der Waals surface area contributed by atoms with E-state index in [1.165, 1.54) is 18.2 Å². The molecular formula is C8H8BrFO2S. The lowest BCUT2D eigenvalue weighted by Gasteiger charge is -2.02. The van der Waals surface area contributed by atoms with Gasteiger partial charge in [0.15, 0.2) is 9.84 Å². The van der Waals surface area contributed by atoms with Gasteiger partial charge in [0.2, 0.25) is 0 Å². The predicted octanol–water partition coefficient (Wildman–Crippen LogP) is 2.13. The topological polar surface area (TPSA) is 34.1 Å². The van der Waals surface area contributed by atoms with Gasteiger partial charge in [-0.05, 0) is 17.7 Å². The van der Waals surface area contributed by atoms with Gasteiger partial charge in [-0.1, -0.05) is 22.0 Å². The van der Waals surface area contributed by atoms with E-state index in [4.69, 9.17) is 0 Å². The quantitative estimate of drug-likeness (QED) is 0.822. The molecule has 5 heteroatoms. The van der Waals surface area contributed by atoms with Gasteiger partial charge >= 0.3 is 0 Å². The van der Waals surface area contributed by atoms with Crippen molar-refractivity contribution in [3.63, 3.8) is 0 Å². The number of hydrogen-bond acceptors (Lipinski definition) is 2. The lowest BCUT2D eigenvalue weighted by Crippen LogP contribution is -2.01. The van der Waals surface area contributed by atoms with E-state index < -0.39 is 9.84 Å². The number of hydrogen-bond donors (Lipinski definition) is 0. The van der Waals surface area contributed by atoms with Crippen LogP contribution >= 0.6 is 15.9 Å². The molecule has 0 aliphatic heterocycles. The summed E-state index contributed by atoms with van der Waals surface area (Å²) in [5.74, 6) is -0.461. The third kappa shape index (κ3) is 3.44. The minimum absolute atomic E-state index is 0.0755. The van der Waals surface area contributed by atoms with Crippen molar-refractivity contribution in [2.24, 2.45) is 0 Å². The second-order valence-electron chi connectivity index (χ2n) is 2.81. The Morgan fingerprint density at radius 3 is 2.54 bits per heavy atom. The molecule has 1 aromatic rings. The fourth-order valence-electron chi connectivity index (χ4n) is 0.921. The van der Waals surface area contributed by atoms with Gasteiger partial charge in [-0.2, -0.15) is 0 Å². The number of halogens is 2. The third-order valence-electron chi connectivity index (χ3n) is 1.43. The molecule has 1 aromatic carbocycles. The molecule has 0 spiro atoms. The average molecular weight is 267 g/mol. The standard InChI is InChI=1S/C8H8BrFO2S/c1-13(11,12)5-6-2-3-7(10)4-8(6)9/h2-4H,5H2,1H3. The van der Waals surface area contributed by atoms with Crippen LogP contribution in [0.2, 0.25) is 0 Å². The molecule has 0 saturated heterocycles. The maximum atomic E-state index is 12.6. The van der Waals surface area contributed by atoms with Gasteiger partial charge in [0.25, 0.3) is 0 Å². The molecular weight excluding hydrogens is 259 g/mol. The van der Waals surface area contributed by atoms with Crippen molar-refractivity contribution in [1.29, 1.82) is 0 Å². The van der Waals surface area contributed by atoms with E-state index in [1.807, 2.05) is 0 Å². The molecule has 0 amide bonds. The Hall–Kier alpha value is -0.420. The normalized spacial score (nSPS) is 11.6. The van der Waals surface area contributed by atoms with Crippen molar-refractivity contribution in [1.82, 2.24) is 0 Å². The van der Waals surface area contributed by atoms with E-state index in [2.05, 4.69) is 15.9 Å². The first-order chi connectivity index (χ1) is 5.88. The lowest BCUT2D eigenvalue weighted by atomic mass is 10.2. The molecule has 0 fully saturated rings. The SMILES string of the molecule is CS(=O)(=O)Cc1ccc(F)cc1Br. The zero-order chi connectivity index (χ0) is 10.1. The molecule has 0 aliphatic rings. The van der Waals surface area contributed by atoms with Crippen molar-refractivity contribution in [3.8, 4) is 0 Å². The Labute approximate surface area is 84.8 Å². The van der Waals surface area contributed by atoms with Crippen LogP contribution in [0.25, 0.3) is 0 Å². The summed E-state index contributed by atoms with van der Waals surface area (Å²) >= 11 is 3.10. The van der Waals surface area contributed by atoms with Gasteiger partial charge in [0.1, 0.15) is 5.82 Å². The predicted molar refractivity (Wildman–Crippen MR) is 52.6 cm³/mol. The first kappa shape index (κ1) is 10.7. The smallest absolute Gasteiger partial charge is 0.151 e. The van der Waals surface area contributed by atoms with Crippen LogP contribution in [0.4, 0.5) is 4.39 Å². The van der Waals surface area contributed by atoms with Gasteiger partial charge < -0.3 is 0 Å². The monoisotopic (exact) mass is 266 g/mol. The summed E-state index contributed by atoms with van der Waals surface area (Å²) in [5, 5.41) is 0. The molecule has 1 rings (SSSR count). The second kappa shape index (κ2) is 3.75. The van der Waals surface area contributed by atoms with Gasteiger partial charge in [0, 0.05) is 10.7 Å². The van der Waals surface area contributed by atoms with Crippen LogP contribution in [0.5, 0.6) is 0 Å². The largest absolute Gasteiger partial charge is 0.229 e. The molecule has 0 heterocycles. The Morgan fingerprint density at radius 1 is 1.46 bits per heavy atom. The fraction of sp³-hybridized carbons (Fsp3) is 0.250. The maximum absolute atomic E-state index is 12.6. The van der Waals surface area contributed by atoms with Crippen LogP contribution in [0.1, 0.15) is 5.56 Å². The Morgan fingerprint density at radius 2 is 2.08 bits per heavy atom. The van der Waals surface area contributed by atoms with E-state index in [1.54, 1.807) is 0 Å². The highest BCUT2D eigenvalue weighted by atomic mass is 79.9. The number of benzene rings is 1. The van der Waals surface area contributed by atoms with Gasteiger partial charge in [-0.25, -0.2) is 12.8 Å². The molecule has 0 aromatic heterocycles. The zero-order valence-electron chi connectivity index (χ0n) is 6.92. The summed E-state index contributed by atoms with van der Waals surface area (Å²) in [7, 11) is -3.06. The van der Waals surface area contributed by atoms with Crippen LogP contribution in [-0.4, -0.2) is 14.7 Å². The Kier molecular flexibility index (Phi) is 3.08. The minimum Gasteiger partial charge on any atom is -0.229 e. The molecule has 0 aliphatic carbocycles. The molecule has 0 unspecified atom stereocenters. The molecule has 0 saturated carbocycles. The third-order valence-corrected chi connectivity index (χ3v) is 3.01. The van der Waals surface area contributed by atoms with Crippen LogP contribution in [0, 0.1) is 5.82 Å². The average Bonchev–Trinajstić information content (AvgIpc) is 1.93. The number of sulfone groups is 1. The molecule has 0 atom stereocenters. The van der Waals surface area contributed by atoms with Gasteiger partial charge in [-0.15, -0.1) is 0 Å². The van der Waals surface area contributed by atoms with Crippen molar-refractivity contribution in [3.05, 3.63) is 34.1 Å². The first-order valence-corrected chi connectivity index (χ1v) is 6.35. The van der Waals surface area contributed by atoms with E-state index >= 15 is 0 Å². The summed E-state index contributed by atoms with van der Waals surface area (Å²) in [5.41, 5.74) is 0.573. The highest BCUT2D eigenvalue weighted by Gasteiger charge is 2.08. The second-order valence-corrected chi connectivity index (χ2v) is 5.80. The van der Waals surface area contributed by atoms with Gasteiger partial charge in [0.05, 0.1) is 5.75 Å². The lowest BCUT2D eigenvalue weighted by molar-refractivity contribution is 0.600. The summed E-state index contributed by atoms with van der Waals surface area (Å²) in [6.45, 7) is 0. The van der Waals surface area contributed by atoms with Crippen molar-refractivity contribution < 1.29 is 12.8 Å². The van der Waals surface area contributed by atoms with Crippen molar-refractivity contribution >= 4 is 25.8 Å². The molecule has 2 nitrogen and oxygen atoms in total. The summed E-state index contributed by atoms with van der Waals surface area (Å²) in [4.78, 5) is 0. The molecule has 72 valence electrons. The Bertz CT molecular complexity index is 414. The van der Waals surface area contributed by atoms with Crippen LogP contribution < -0.4 is 0 Å². The van der Waals surface area contributed by atoms with E-state index in [9.17, 15) is 12.8 Å². The van der Waals surface area contributed by atoms with Crippen molar-refractivity contribution in [2.45, 2.75) is 5.75 Å². The molecule has 0 bridgehead atoms. The zero-order valence-corrected chi connectivity index (χ0v) is 9.32. The van der Waals surface area contributed by atoms with E-state index in [-0.39, 0.29) is 11.6 Å². The van der Waals surface area contributed by atoms with E-state index in [0.29, 0.717) is 10.0 Å². The molecule has 13 heavy (non-hydrogen) atoms. The summed E-state index contributed by atoms with van der Waals surface area (Å²) in [6, 6.07) is 3.95. The van der Waals surface area contributed by atoms with Crippen LogP contribution in [-0.2, 0) is 15.6 Å². The van der Waals surface area contributed by atoms with Crippen molar-refractivity contribution in [2.75, 3.05) is 6.26 Å². The first-order valence-electron chi connectivity index (χ1n) is 3.50. The van der Waals surface area contributed by atoms with E-state index in [0.717, 1.165) is 6.26 Å². The minimum atomic E-state index is -3.06. The molecule has 0 radical (unpaired) electrons. The molecule has 0 N–H and O–H groups in total. The fourth-order valence-corrected chi connectivity index (χ4v) is 2.41. The Balaban J connectivity index is 3.04.